The SMILES string of the molecule is Cc1cc2c3c([n+](C)ccc3c1)-c1c(cc3ncccc3c1C)S2. The molecule has 2 aromatic carbocycles. The van der Waals surface area contributed by atoms with Crippen molar-refractivity contribution in [3.05, 3.63) is 59.9 Å². The maximum absolute atomic E-state index is 4.57. The van der Waals surface area contributed by atoms with Gasteiger partial charge in [0.2, 0.25) is 5.69 Å². The molecule has 0 spiro atoms. The Bertz CT molecular complexity index is 1160. The molecule has 2 nitrogen and oxygen atoms in total. The zero-order valence-corrected chi connectivity index (χ0v) is 14.7. The maximum Gasteiger partial charge on any atom is 0.222 e. The quantitative estimate of drug-likeness (QED) is 0.373. The van der Waals surface area contributed by atoms with Crippen LogP contribution in [0.2, 0.25) is 0 Å². The molecule has 3 heterocycles. The third kappa shape index (κ3) is 1.79. The van der Waals surface area contributed by atoms with Crippen molar-refractivity contribution in [3.8, 4) is 11.3 Å². The number of hydrogen-bond acceptors (Lipinski definition) is 2. The van der Waals surface area contributed by atoms with E-state index in [4.69, 9.17) is 0 Å². The van der Waals surface area contributed by atoms with E-state index in [1.807, 2.05) is 24.0 Å². The van der Waals surface area contributed by atoms with Crippen LogP contribution in [0.25, 0.3) is 32.9 Å². The number of hydrogen-bond donors (Lipinski definition) is 0. The predicted octanol–water partition coefficient (Wildman–Crippen LogP) is 4.96. The van der Waals surface area contributed by atoms with Crippen LogP contribution in [0.5, 0.6) is 0 Å². The minimum atomic E-state index is 1.08. The molecule has 5 rings (SSSR count). The van der Waals surface area contributed by atoms with Crippen molar-refractivity contribution in [1.82, 2.24) is 4.98 Å². The van der Waals surface area contributed by atoms with E-state index in [0.717, 1.165) is 5.52 Å². The zero-order valence-electron chi connectivity index (χ0n) is 13.9. The van der Waals surface area contributed by atoms with E-state index in [2.05, 4.69) is 67.0 Å². The van der Waals surface area contributed by atoms with Crippen LogP contribution in [-0.2, 0) is 7.05 Å². The van der Waals surface area contributed by atoms with E-state index in [1.54, 1.807) is 0 Å². The molecule has 0 bridgehead atoms. The summed E-state index contributed by atoms with van der Waals surface area (Å²) in [7, 11) is 2.14. The number of aryl methyl sites for hydroxylation is 3. The van der Waals surface area contributed by atoms with Crippen LogP contribution in [0.4, 0.5) is 0 Å². The van der Waals surface area contributed by atoms with Gasteiger partial charge in [-0.15, -0.1) is 0 Å². The minimum Gasteiger partial charge on any atom is -0.256 e. The summed E-state index contributed by atoms with van der Waals surface area (Å²) in [5.74, 6) is 0. The second-order valence-electron chi connectivity index (χ2n) is 6.55. The van der Waals surface area contributed by atoms with E-state index in [1.165, 1.54) is 48.3 Å². The van der Waals surface area contributed by atoms with E-state index < -0.39 is 0 Å². The fraction of sp³-hybridized carbons (Fsp3) is 0.143. The number of rotatable bonds is 0. The Kier molecular flexibility index (Phi) is 2.80. The maximum atomic E-state index is 4.57. The molecule has 0 amide bonds. The monoisotopic (exact) mass is 329 g/mol. The Balaban J connectivity index is 2.01. The highest BCUT2D eigenvalue weighted by atomic mass is 32.2. The summed E-state index contributed by atoms with van der Waals surface area (Å²) in [5, 5.41) is 3.93. The van der Waals surface area contributed by atoms with Crippen LogP contribution in [0.3, 0.4) is 0 Å². The molecule has 1 aliphatic rings. The molecule has 0 radical (unpaired) electrons. The topological polar surface area (TPSA) is 16.8 Å². The van der Waals surface area contributed by atoms with E-state index in [-0.39, 0.29) is 0 Å². The molecule has 3 heteroatoms. The standard InChI is InChI=1S/C21H17N2S/c1-12-9-14-6-8-23(3)21-19-13(2)15-5-4-7-22-16(15)11-18(19)24-17(10-12)20(14)21/h4-11H,1-3H3/q+1. The Morgan fingerprint density at radius 1 is 1.04 bits per heavy atom. The third-order valence-corrected chi connectivity index (χ3v) is 6.02. The fourth-order valence-electron chi connectivity index (χ4n) is 3.85. The molecule has 1 aliphatic heterocycles. The van der Waals surface area contributed by atoms with Crippen molar-refractivity contribution in [1.29, 1.82) is 0 Å². The van der Waals surface area contributed by atoms with Gasteiger partial charge in [-0.25, -0.2) is 4.57 Å². The lowest BCUT2D eigenvalue weighted by atomic mass is 9.95. The summed E-state index contributed by atoms with van der Waals surface area (Å²) >= 11 is 1.87. The van der Waals surface area contributed by atoms with Crippen LogP contribution >= 0.6 is 11.8 Å². The first kappa shape index (κ1) is 14.0. The van der Waals surface area contributed by atoms with Gasteiger partial charge in [0.1, 0.15) is 7.05 Å². The van der Waals surface area contributed by atoms with Gasteiger partial charge in [0.15, 0.2) is 6.20 Å². The van der Waals surface area contributed by atoms with Crippen molar-refractivity contribution < 1.29 is 4.57 Å². The summed E-state index contributed by atoms with van der Waals surface area (Å²) in [6, 6.07) is 13.2. The van der Waals surface area contributed by atoms with E-state index in [9.17, 15) is 0 Å². The molecule has 0 saturated carbocycles. The normalized spacial score (nSPS) is 12.6. The molecule has 116 valence electrons. The first-order chi connectivity index (χ1) is 11.6. The van der Waals surface area contributed by atoms with E-state index in [0.29, 0.717) is 0 Å². The molecule has 24 heavy (non-hydrogen) atoms. The van der Waals surface area contributed by atoms with Crippen molar-refractivity contribution in [3.63, 3.8) is 0 Å². The highest BCUT2D eigenvalue weighted by Crippen LogP contribution is 2.49. The Labute approximate surface area is 145 Å². The number of aromatic nitrogens is 2. The minimum absolute atomic E-state index is 1.08. The second-order valence-corrected chi connectivity index (χ2v) is 7.63. The van der Waals surface area contributed by atoms with Gasteiger partial charge in [0.25, 0.3) is 0 Å². The van der Waals surface area contributed by atoms with Crippen LogP contribution in [-0.4, -0.2) is 4.98 Å². The molecule has 0 aliphatic carbocycles. The smallest absolute Gasteiger partial charge is 0.222 e. The van der Waals surface area contributed by atoms with Gasteiger partial charge in [-0.1, -0.05) is 23.9 Å². The van der Waals surface area contributed by atoms with Gasteiger partial charge in [0, 0.05) is 27.4 Å². The highest BCUT2D eigenvalue weighted by Gasteiger charge is 2.29. The van der Waals surface area contributed by atoms with Gasteiger partial charge in [-0.05, 0) is 48.6 Å². The number of benzene rings is 2. The summed E-state index contributed by atoms with van der Waals surface area (Å²) in [6.45, 7) is 4.40. The molecule has 0 N–H and O–H groups in total. The molecule has 0 unspecified atom stereocenters. The lowest BCUT2D eigenvalue weighted by Crippen LogP contribution is -2.31. The first-order valence-electron chi connectivity index (χ1n) is 8.13. The van der Waals surface area contributed by atoms with Gasteiger partial charge >= 0.3 is 0 Å². The molecule has 0 saturated heterocycles. The van der Waals surface area contributed by atoms with Crippen LogP contribution in [0.1, 0.15) is 11.1 Å². The number of fused-ring (bicyclic) bond motifs is 3. The summed E-state index contributed by atoms with van der Waals surface area (Å²) < 4.78 is 2.26. The second kappa shape index (κ2) is 4.81. The molecular weight excluding hydrogens is 312 g/mol. The van der Waals surface area contributed by atoms with Crippen molar-refractivity contribution in [2.24, 2.45) is 7.05 Å². The number of pyridine rings is 2. The number of nitrogens with zero attached hydrogens (tertiary/aromatic N) is 2. The largest absolute Gasteiger partial charge is 0.256 e. The highest BCUT2D eigenvalue weighted by molar-refractivity contribution is 7.99. The van der Waals surface area contributed by atoms with Gasteiger partial charge in [-0.3, -0.25) is 4.98 Å². The van der Waals surface area contributed by atoms with Crippen LogP contribution < -0.4 is 4.57 Å². The molecule has 0 atom stereocenters. The van der Waals surface area contributed by atoms with Crippen molar-refractivity contribution >= 4 is 33.4 Å². The average molecular weight is 329 g/mol. The average Bonchev–Trinajstić information content (AvgIpc) is 2.57. The molecule has 4 aromatic rings. The van der Waals surface area contributed by atoms with Crippen LogP contribution in [0, 0.1) is 13.8 Å². The van der Waals surface area contributed by atoms with Gasteiger partial charge < -0.3 is 0 Å². The van der Waals surface area contributed by atoms with E-state index >= 15 is 0 Å². The summed E-state index contributed by atoms with van der Waals surface area (Å²) in [6.07, 6.45) is 4.05. The Morgan fingerprint density at radius 3 is 2.79 bits per heavy atom. The predicted molar refractivity (Wildman–Crippen MR) is 99.5 cm³/mol. The Morgan fingerprint density at radius 2 is 1.92 bits per heavy atom. The van der Waals surface area contributed by atoms with Crippen molar-refractivity contribution in [2.45, 2.75) is 23.6 Å². The molecule has 2 aromatic heterocycles. The van der Waals surface area contributed by atoms with Crippen LogP contribution in [0.15, 0.2) is 58.6 Å². The fourth-order valence-corrected chi connectivity index (χ4v) is 5.17. The molecular formula is C21H17N2S+. The third-order valence-electron chi connectivity index (χ3n) is 4.93. The lowest BCUT2D eigenvalue weighted by molar-refractivity contribution is -0.659. The lowest BCUT2D eigenvalue weighted by Gasteiger charge is -2.21. The first-order valence-corrected chi connectivity index (χ1v) is 8.94. The van der Waals surface area contributed by atoms with Gasteiger partial charge in [0.05, 0.1) is 16.5 Å². The summed E-state index contributed by atoms with van der Waals surface area (Å²) in [4.78, 5) is 7.23. The molecule has 0 fully saturated rings. The van der Waals surface area contributed by atoms with Crippen molar-refractivity contribution in [2.75, 3.05) is 0 Å². The Hall–Kier alpha value is -2.39. The summed E-state index contributed by atoms with van der Waals surface area (Å²) in [5.41, 5.74) is 6.37. The zero-order chi connectivity index (χ0) is 16.4. The van der Waals surface area contributed by atoms with Gasteiger partial charge in [-0.2, -0.15) is 0 Å².